The Labute approximate surface area is 142 Å². The lowest BCUT2D eigenvalue weighted by atomic mass is 10.3. The Kier molecular flexibility index (Phi) is 7.78. The summed E-state index contributed by atoms with van der Waals surface area (Å²) in [6, 6.07) is 0. The number of thiazole rings is 1. The zero-order chi connectivity index (χ0) is 16.5. The van der Waals surface area contributed by atoms with Crippen LogP contribution in [-0.2, 0) is 16.0 Å². The predicted molar refractivity (Wildman–Crippen MR) is 94.2 cm³/mol. The summed E-state index contributed by atoms with van der Waals surface area (Å²) < 4.78 is 11.0. The molecule has 1 aliphatic rings. The number of aliphatic imine (C=N–C) groups is 1. The van der Waals surface area contributed by atoms with E-state index in [0.717, 1.165) is 62.4 Å². The van der Waals surface area contributed by atoms with E-state index >= 15 is 0 Å². The highest BCUT2D eigenvalue weighted by atomic mass is 32.1. The summed E-state index contributed by atoms with van der Waals surface area (Å²) in [7, 11) is 0. The summed E-state index contributed by atoms with van der Waals surface area (Å²) in [5, 5.41) is 7.66. The highest BCUT2D eigenvalue weighted by Crippen LogP contribution is 2.16. The highest BCUT2D eigenvalue weighted by Gasteiger charge is 2.15. The van der Waals surface area contributed by atoms with Crippen molar-refractivity contribution in [2.24, 2.45) is 4.99 Å². The summed E-state index contributed by atoms with van der Waals surface area (Å²) in [4.78, 5) is 10.4. The molecule has 2 N–H and O–H groups in total. The van der Waals surface area contributed by atoms with Gasteiger partial charge in [0.25, 0.3) is 0 Å². The molecule has 1 fully saturated rings. The topological polar surface area (TPSA) is 67.8 Å². The van der Waals surface area contributed by atoms with E-state index in [1.807, 2.05) is 6.92 Å². The van der Waals surface area contributed by atoms with Crippen LogP contribution < -0.4 is 10.6 Å². The van der Waals surface area contributed by atoms with Crippen LogP contribution in [0.25, 0.3) is 0 Å². The quantitative estimate of drug-likeness (QED) is 0.430. The lowest BCUT2D eigenvalue weighted by Crippen LogP contribution is -2.38. The molecule has 7 heteroatoms. The molecular weight excluding hydrogens is 312 g/mol. The first-order valence-corrected chi connectivity index (χ1v) is 9.15. The zero-order valence-electron chi connectivity index (χ0n) is 14.4. The Morgan fingerprint density at radius 1 is 1.43 bits per heavy atom. The predicted octanol–water partition coefficient (Wildman–Crippen LogP) is 2.01. The van der Waals surface area contributed by atoms with Crippen molar-refractivity contribution >= 4 is 17.3 Å². The van der Waals surface area contributed by atoms with Crippen LogP contribution in [0.2, 0.25) is 0 Å². The number of hydrogen-bond donors (Lipinski definition) is 2. The molecule has 0 amide bonds. The van der Waals surface area contributed by atoms with Crippen LogP contribution in [0.5, 0.6) is 0 Å². The maximum absolute atomic E-state index is 5.76. The molecule has 0 radical (unpaired) electrons. The van der Waals surface area contributed by atoms with Crippen molar-refractivity contribution in [3.05, 3.63) is 15.6 Å². The van der Waals surface area contributed by atoms with Crippen molar-refractivity contribution < 1.29 is 9.47 Å². The molecule has 2 heterocycles. The molecule has 1 aromatic heterocycles. The van der Waals surface area contributed by atoms with Gasteiger partial charge in [-0.05, 0) is 33.6 Å². The van der Waals surface area contributed by atoms with Gasteiger partial charge in [0.2, 0.25) is 0 Å². The molecule has 0 aromatic carbocycles. The van der Waals surface area contributed by atoms with E-state index in [1.165, 1.54) is 4.88 Å². The van der Waals surface area contributed by atoms with Gasteiger partial charge in [-0.3, -0.25) is 0 Å². The third kappa shape index (κ3) is 6.45. The Balaban J connectivity index is 1.68. The van der Waals surface area contributed by atoms with Crippen molar-refractivity contribution in [2.75, 3.05) is 32.9 Å². The average Bonchev–Trinajstić information content (AvgIpc) is 3.15. The molecule has 1 unspecified atom stereocenters. The Morgan fingerprint density at radius 2 is 2.30 bits per heavy atom. The minimum Gasteiger partial charge on any atom is -0.379 e. The first kappa shape index (κ1) is 18.2. The molecule has 6 nitrogen and oxygen atoms in total. The molecule has 1 atom stereocenters. The van der Waals surface area contributed by atoms with Gasteiger partial charge in [0.1, 0.15) is 5.01 Å². The number of rotatable bonds is 8. The summed E-state index contributed by atoms with van der Waals surface area (Å²) in [6.45, 7) is 10.8. The lowest BCUT2D eigenvalue weighted by molar-refractivity contribution is 0.0420. The number of nitrogens with one attached hydrogen (secondary N) is 2. The van der Waals surface area contributed by atoms with Gasteiger partial charge in [0.05, 0.1) is 24.9 Å². The normalized spacial score (nSPS) is 18.4. The van der Waals surface area contributed by atoms with Crippen molar-refractivity contribution in [3.63, 3.8) is 0 Å². The minimum atomic E-state index is 0.285. The molecule has 130 valence electrons. The number of guanidine groups is 1. The maximum Gasteiger partial charge on any atom is 0.191 e. The number of nitrogens with zero attached hydrogens (tertiary/aromatic N) is 2. The van der Waals surface area contributed by atoms with Crippen LogP contribution in [-0.4, -0.2) is 50.0 Å². The van der Waals surface area contributed by atoms with Gasteiger partial charge in [-0.25, -0.2) is 9.98 Å². The maximum atomic E-state index is 5.76. The molecule has 0 bridgehead atoms. The number of aromatic nitrogens is 1. The summed E-state index contributed by atoms with van der Waals surface area (Å²) in [5.41, 5.74) is 1.10. The molecule has 0 spiro atoms. The number of hydrogen-bond acceptors (Lipinski definition) is 5. The van der Waals surface area contributed by atoms with Gasteiger partial charge < -0.3 is 20.1 Å². The molecular formula is C16H28N4O2S. The molecule has 1 aliphatic heterocycles. The van der Waals surface area contributed by atoms with Gasteiger partial charge >= 0.3 is 0 Å². The van der Waals surface area contributed by atoms with E-state index in [0.29, 0.717) is 6.54 Å². The van der Waals surface area contributed by atoms with E-state index in [4.69, 9.17) is 9.47 Å². The monoisotopic (exact) mass is 340 g/mol. The molecule has 1 saturated heterocycles. The molecule has 2 rings (SSSR count). The first-order chi connectivity index (χ1) is 11.2. The smallest absolute Gasteiger partial charge is 0.191 e. The second-order valence-electron chi connectivity index (χ2n) is 5.58. The van der Waals surface area contributed by atoms with Gasteiger partial charge in [-0.1, -0.05) is 0 Å². The van der Waals surface area contributed by atoms with Crippen LogP contribution in [0.3, 0.4) is 0 Å². The van der Waals surface area contributed by atoms with Crippen molar-refractivity contribution in [2.45, 2.75) is 46.3 Å². The Bertz CT molecular complexity index is 479. The van der Waals surface area contributed by atoms with Gasteiger partial charge in [0, 0.05) is 31.2 Å². The van der Waals surface area contributed by atoms with Gasteiger partial charge in [-0.15, -0.1) is 11.3 Å². The fourth-order valence-electron chi connectivity index (χ4n) is 2.27. The Hall–Kier alpha value is -1.18. The largest absolute Gasteiger partial charge is 0.379 e. The van der Waals surface area contributed by atoms with E-state index in [-0.39, 0.29) is 6.10 Å². The van der Waals surface area contributed by atoms with Crippen molar-refractivity contribution in [1.29, 1.82) is 0 Å². The summed E-state index contributed by atoms with van der Waals surface area (Å²) >= 11 is 1.71. The SMILES string of the molecule is CCNC(=NCc1nc(C)c(C)s1)NCCCOC1CCOC1. The molecule has 0 saturated carbocycles. The van der Waals surface area contributed by atoms with E-state index in [9.17, 15) is 0 Å². The van der Waals surface area contributed by atoms with Gasteiger partial charge in [0.15, 0.2) is 5.96 Å². The second kappa shape index (κ2) is 9.85. The van der Waals surface area contributed by atoms with Crippen LogP contribution in [0.15, 0.2) is 4.99 Å². The first-order valence-electron chi connectivity index (χ1n) is 8.33. The van der Waals surface area contributed by atoms with Crippen LogP contribution in [0.1, 0.15) is 35.3 Å². The standard InChI is InChI=1S/C16H28N4O2S/c1-4-17-16(19-10-15-20-12(2)13(3)23-15)18-7-5-8-22-14-6-9-21-11-14/h14H,4-11H2,1-3H3,(H2,17,18,19). The van der Waals surface area contributed by atoms with Crippen LogP contribution in [0.4, 0.5) is 0 Å². The second-order valence-corrected chi connectivity index (χ2v) is 6.87. The molecule has 1 aromatic rings. The fraction of sp³-hybridized carbons (Fsp3) is 0.750. The third-order valence-electron chi connectivity index (χ3n) is 3.64. The third-order valence-corrected chi connectivity index (χ3v) is 4.70. The number of aryl methyl sites for hydroxylation is 2. The van der Waals surface area contributed by atoms with Crippen LogP contribution in [0, 0.1) is 13.8 Å². The summed E-state index contributed by atoms with van der Waals surface area (Å²) in [6.07, 6.45) is 2.26. The van der Waals surface area contributed by atoms with Crippen molar-refractivity contribution in [1.82, 2.24) is 15.6 Å². The Morgan fingerprint density at radius 3 is 2.96 bits per heavy atom. The zero-order valence-corrected chi connectivity index (χ0v) is 15.2. The molecule has 23 heavy (non-hydrogen) atoms. The van der Waals surface area contributed by atoms with E-state index < -0.39 is 0 Å². The fourth-order valence-corrected chi connectivity index (χ4v) is 3.13. The van der Waals surface area contributed by atoms with E-state index in [1.54, 1.807) is 11.3 Å². The minimum absolute atomic E-state index is 0.285. The highest BCUT2D eigenvalue weighted by molar-refractivity contribution is 7.11. The molecule has 0 aliphatic carbocycles. The lowest BCUT2D eigenvalue weighted by Gasteiger charge is -2.12. The number of ether oxygens (including phenoxy) is 2. The average molecular weight is 340 g/mol. The van der Waals surface area contributed by atoms with E-state index in [2.05, 4.69) is 34.5 Å². The van der Waals surface area contributed by atoms with Crippen LogP contribution >= 0.6 is 11.3 Å². The summed E-state index contributed by atoms with van der Waals surface area (Å²) in [5.74, 6) is 0.835. The van der Waals surface area contributed by atoms with Gasteiger partial charge in [-0.2, -0.15) is 0 Å². The van der Waals surface area contributed by atoms with Crippen molar-refractivity contribution in [3.8, 4) is 0 Å².